The van der Waals surface area contributed by atoms with Crippen molar-refractivity contribution in [2.45, 2.75) is 32.3 Å². The number of aromatic nitrogens is 2. The predicted molar refractivity (Wildman–Crippen MR) is 109 cm³/mol. The summed E-state index contributed by atoms with van der Waals surface area (Å²) in [6.45, 7) is 1.81. The Labute approximate surface area is 164 Å². The maximum absolute atomic E-state index is 13.5. The van der Waals surface area contributed by atoms with E-state index < -0.39 is 11.6 Å². The molecule has 0 aliphatic heterocycles. The fraction of sp³-hybridized carbons (Fsp3) is 0.217. The number of aliphatic hydroxyl groups excluding tert-OH is 1. The topological polar surface area (TPSA) is 66.2 Å². The fourth-order valence-electron chi connectivity index (χ4n) is 2.81. The Morgan fingerprint density at radius 2 is 1.68 bits per heavy atom. The van der Waals surface area contributed by atoms with Crippen molar-refractivity contribution in [3.05, 3.63) is 72.3 Å². The summed E-state index contributed by atoms with van der Waals surface area (Å²) in [6.07, 6.45) is 10.1. The van der Waals surface area contributed by atoms with Crippen molar-refractivity contribution in [1.29, 1.82) is 0 Å². The van der Waals surface area contributed by atoms with Gasteiger partial charge in [-0.3, -0.25) is 0 Å². The first-order valence-electron chi connectivity index (χ1n) is 9.29. The first-order valence-corrected chi connectivity index (χ1v) is 9.29. The van der Waals surface area contributed by atoms with Crippen LogP contribution in [-0.2, 0) is 0 Å². The molecule has 1 aromatic heterocycles. The van der Waals surface area contributed by atoms with Crippen molar-refractivity contribution in [2.75, 3.05) is 0 Å². The number of nitrogens with zero attached hydrogens (tertiary/aromatic N) is 2. The molecular weight excluding hydrogens is 355 g/mol. The van der Waals surface area contributed by atoms with E-state index in [0.29, 0.717) is 11.4 Å². The number of hydrogen-bond acceptors (Lipinski definition) is 4. The number of phenolic OH excluding ortho intramolecular Hbond substituents is 1. The largest absolute Gasteiger partial charge is 0.505 e. The number of rotatable bonds is 7. The lowest BCUT2D eigenvalue weighted by atomic mass is 10.1. The Balaban J connectivity index is 1.65. The average molecular weight is 378 g/mol. The molecule has 0 amide bonds. The number of aliphatic hydroxyl groups is 1. The Morgan fingerprint density at radius 1 is 1.00 bits per heavy atom. The Bertz CT molecular complexity index is 936. The SMILES string of the molecule is CC(O)CCC/C=C/c1ccc(-c2cnc(-c3ccc(O)c(F)c3)nc2)cc1. The molecule has 0 saturated heterocycles. The van der Waals surface area contributed by atoms with Gasteiger partial charge in [0.2, 0.25) is 0 Å². The third-order valence-electron chi connectivity index (χ3n) is 4.40. The van der Waals surface area contributed by atoms with Gasteiger partial charge in [-0.25, -0.2) is 14.4 Å². The Kier molecular flexibility index (Phi) is 6.50. The van der Waals surface area contributed by atoms with Crippen LogP contribution >= 0.6 is 0 Å². The normalized spacial score (nSPS) is 12.4. The smallest absolute Gasteiger partial charge is 0.165 e. The van der Waals surface area contributed by atoms with E-state index in [9.17, 15) is 14.6 Å². The molecule has 0 radical (unpaired) electrons. The van der Waals surface area contributed by atoms with E-state index in [-0.39, 0.29) is 6.10 Å². The fourth-order valence-corrected chi connectivity index (χ4v) is 2.81. The van der Waals surface area contributed by atoms with Crippen LogP contribution in [-0.4, -0.2) is 26.3 Å². The zero-order chi connectivity index (χ0) is 19.9. The second-order valence-corrected chi connectivity index (χ2v) is 6.77. The van der Waals surface area contributed by atoms with Gasteiger partial charge in [-0.2, -0.15) is 0 Å². The van der Waals surface area contributed by atoms with Crippen LogP contribution in [0.4, 0.5) is 4.39 Å². The zero-order valence-electron chi connectivity index (χ0n) is 15.7. The summed E-state index contributed by atoms with van der Waals surface area (Å²) in [5, 5.41) is 18.5. The van der Waals surface area contributed by atoms with E-state index in [2.05, 4.69) is 22.1 Å². The molecule has 28 heavy (non-hydrogen) atoms. The van der Waals surface area contributed by atoms with Gasteiger partial charge in [-0.1, -0.05) is 36.4 Å². The van der Waals surface area contributed by atoms with Gasteiger partial charge in [0.15, 0.2) is 17.4 Å². The number of hydrogen-bond donors (Lipinski definition) is 2. The summed E-state index contributed by atoms with van der Waals surface area (Å²) in [5.41, 5.74) is 3.49. The molecule has 0 aliphatic carbocycles. The lowest BCUT2D eigenvalue weighted by Crippen LogP contribution is -1.97. The van der Waals surface area contributed by atoms with Crippen molar-refractivity contribution in [1.82, 2.24) is 9.97 Å². The number of halogens is 1. The second kappa shape index (κ2) is 9.24. The molecule has 5 heteroatoms. The molecule has 2 aromatic carbocycles. The first-order chi connectivity index (χ1) is 13.5. The van der Waals surface area contributed by atoms with Crippen LogP contribution in [0.2, 0.25) is 0 Å². The van der Waals surface area contributed by atoms with Gasteiger partial charge in [-0.05, 0) is 55.5 Å². The molecule has 1 atom stereocenters. The maximum atomic E-state index is 13.5. The van der Waals surface area contributed by atoms with Crippen LogP contribution < -0.4 is 0 Å². The van der Waals surface area contributed by atoms with E-state index in [1.54, 1.807) is 18.5 Å². The van der Waals surface area contributed by atoms with Gasteiger partial charge in [0.05, 0.1) is 6.10 Å². The molecule has 4 nitrogen and oxygen atoms in total. The molecule has 0 fully saturated rings. The lowest BCUT2D eigenvalue weighted by Gasteiger charge is -2.05. The predicted octanol–water partition coefficient (Wildman–Crippen LogP) is 5.22. The summed E-state index contributed by atoms with van der Waals surface area (Å²) in [5.74, 6) is -0.684. The van der Waals surface area contributed by atoms with Crippen molar-refractivity contribution in [3.63, 3.8) is 0 Å². The highest BCUT2D eigenvalue weighted by molar-refractivity contribution is 5.66. The highest BCUT2D eigenvalue weighted by atomic mass is 19.1. The minimum Gasteiger partial charge on any atom is -0.505 e. The van der Waals surface area contributed by atoms with Crippen molar-refractivity contribution >= 4 is 6.08 Å². The molecule has 3 aromatic rings. The zero-order valence-corrected chi connectivity index (χ0v) is 15.7. The quantitative estimate of drug-likeness (QED) is 0.553. The summed E-state index contributed by atoms with van der Waals surface area (Å²) in [4.78, 5) is 8.62. The highest BCUT2D eigenvalue weighted by Gasteiger charge is 2.07. The molecule has 3 rings (SSSR count). The van der Waals surface area contributed by atoms with Gasteiger partial charge in [0, 0.05) is 23.5 Å². The molecule has 144 valence electrons. The van der Waals surface area contributed by atoms with Crippen LogP contribution in [0.25, 0.3) is 28.6 Å². The van der Waals surface area contributed by atoms with Crippen LogP contribution in [0.3, 0.4) is 0 Å². The monoisotopic (exact) mass is 378 g/mol. The number of phenols is 1. The van der Waals surface area contributed by atoms with Crippen LogP contribution in [0.15, 0.2) is 60.9 Å². The molecule has 1 unspecified atom stereocenters. The van der Waals surface area contributed by atoms with Gasteiger partial charge >= 0.3 is 0 Å². The van der Waals surface area contributed by atoms with Crippen molar-refractivity contribution in [2.24, 2.45) is 0 Å². The third kappa shape index (κ3) is 5.24. The molecule has 0 bridgehead atoms. The Hall–Kier alpha value is -3.05. The van der Waals surface area contributed by atoms with Crippen molar-refractivity contribution < 1.29 is 14.6 Å². The number of unbranched alkanes of at least 4 members (excludes halogenated alkanes) is 1. The second-order valence-electron chi connectivity index (χ2n) is 6.77. The molecule has 0 saturated carbocycles. The van der Waals surface area contributed by atoms with Gasteiger partial charge < -0.3 is 10.2 Å². The summed E-state index contributed by atoms with van der Waals surface area (Å²) < 4.78 is 13.5. The van der Waals surface area contributed by atoms with Gasteiger partial charge in [0.1, 0.15) is 0 Å². The standard InChI is InChI=1S/C23H23FN2O2/c1-16(27)5-3-2-4-6-17-7-9-18(10-8-17)20-14-25-23(26-15-20)19-11-12-22(28)21(24)13-19/h4,6-16,27-28H,2-3,5H2,1H3/b6-4+. The first kappa shape index (κ1) is 19.7. The van der Waals surface area contributed by atoms with Gasteiger partial charge in [-0.15, -0.1) is 0 Å². The van der Waals surface area contributed by atoms with E-state index in [1.807, 2.05) is 31.2 Å². The number of aromatic hydroxyl groups is 1. The molecule has 0 aliphatic rings. The molecule has 0 spiro atoms. The Morgan fingerprint density at radius 3 is 2.32 bits per heavy atom. The minimum absolute atomic E-state index is 0.241. The van der Waals surface area contributed by atoms with E-state index in [1.165, 1.54) is 12.1 Å². The van der Waals surface area contributed by atoms with Gasteiger partial charge in [0.25, 0.3) is 0 Å². The number of benzene rings is 2. The summed E-state index contributed by atoms with van der Waals surface area (Å²) in [7, 11) is 0. The van der Waals surface area contributed by atoms with E-state index in [4.69, 9.17) is 0 Å². The minimum atomic E-state index is -0.695. The summed E-state index contributed by atoms with van der Waals surface area (Å²) >= 11 is 0. The van der Waals surface area contributed by atoms with Crippen LogP contribution in [0.1, 0.15) is 31.7 Å². The maximum Gasteiger partial charge on any atom is 0.165 e. The van der Waals surface area contributed by atoms with Crippen LogP contribution in [0, 0.1) is 5.82 Å². The average Bonchev–Trinajstić information content (AvgIpc) is 2.70. The highest BCUT2D eigenvalue weighted by Crippen LogP contribution is 2.24. The molecule has 1 heterocycles. The molecule has 2 N–H and O–H groups in total. The van der Waals surface area contributed by atoms with Crippen molar-refractivity contribution in [3.8, 4) is 28.3 Å². The summed E-state index contributed by atoms with van der Waals surface area (Å²) in [6, 6.07) is 12.2. The number of allylic oxidation sites excluding steroid dienone is 1. The van der Waals surface area contributed by atoms with E-state index in [0.717, 1.165) is 36.0 Å². The lowest BCUT2D eigenvalue weighted by molar-refractivity contribution is 0.182. The van der Waals surface area contributed by atoms with Crippen LogP contribution in [0.5, 0.6) is 5.75 Å². The molecular formula is C23H23FN2O2. The van der Waals surface area contributed by atoms with E-state index >= 15 is 0 Å². The third-order valence-corrected chi connectivity index (χ3v) is 4.40.